The molecule has 0 aromatic heterocycles. The first kappa shape index (κ1) is 24.0. The molecular weight excluding hydrogens is 346 g/mol. The highest BCUT2D eigenvalue weighted by molar-refractivity contribution is 8.93. The Morgan fingerprint density at radius 2 is 1.33 bits per heavy atom. The third-order valence-corrected chi connectivity index (χ3v) is 4.94. The molecule has 0 fully saturated rings. The zero-order valence-electron chi connectivity index (χ0n) is 14.7. The number of alkyl halides is 1. The van der Waals surface area contributed by atoms with Gasteiger partial charge >= 0.3 is 0 Å². The molecule has 0 rings (SSSR count). The molecule has 0 unspecified atom stereocenters. The second-order valence-electron chi connectivity index (χ2n) is 6.18. The van der Waals surface area contributed by atoms with Crippen molar-refractivity contribution in [1.82, 2.24) is 5.32 Å². The van der Waals surface area contributed by atoms with Crippen molar-refractivity contribution in [1.29, 1.82) is 0 Å². The summed E-state index contributed by atoms with van der Waals surface area (Å²) in [5.74, 6) is 0.796. The number of unbranched alkanes of at least 4 members (excludes halogenated alkanes) is 7. The lowest BCUT2D eigenvalue weighted by Gasteiger charge is -2.33. The normalized spacial score (nSPS) is 11.4. The second-order valence-corrected chi connectivity index (χ2v) is 6.56. The maximum Gasteiger partial charge on any atom is 0.0223 e. The summed E-state index contributed by atoms with van der Waals surface area (Å²) < 4.78 is 0. The molecule has 1 nitrogen and oxygen atoms in total. The van der Waals surface area contributed by atoms with Gasteiger partial charge in [-0.25, -0.2) is 0 Å². The Bertz CT molecular complexity index is 196. The van der Waals surface area contributed by atoms with Crippen molar-refractivity contribution in [3.63, 3.8) is 0 Å². The quantitative estimate of drug-likeness (QED) is 0.240. The highest BCUT2D eigenvalue weighted by Gasteiger charge is 2.24. The molecular formula is C18H39BrClN. The van der Waals surface area contributed by atoms with Gasteiger partial charge in [0.1, 0.15) is 0 Å². The van der Waals surface area contributed by atoms with Crippen molar-refractivity contribution < 1.29 is 0 Å². The fraction of sp³-hybridized carbons (Fsp3) is 1.00. The zero-order valence-corrected chi connectivity index (χ0v) is 17.2. The average molecular weight is 385 g/mol. The number of hydrogen-bond acceptors (Lipinski definition) is 1. The molecule has 0 saturated carbocycles. The van der Waals surface area contributed by atoms with Gasteiger partial charge in [-0.15, -0.1) is 28.6 Å². The summed E-state index contributed by atoms with van der Waals surface area (Å²) >= 11 is 5.75. The predicted octanol–water partition coefficient (Wildman–Crippen LogP) is 6.87. The van der Waals surface area contributed by atoms with Gasteiger partial charge in [-0.05, 0) is 38.6 Å². The number of nitrogens with one attached hydrogen (secondary N) is 1. The highest BCUT2D eigenvalue weighted by Crippen LogP contribution is 2.23. The van der Waals surface area contributed by atoms with Crippen LogP contribution in [0.4, 0.5) is 0 Å². The van der Waals surface area contributed by atoms with Gasteiger partial charge in [0.2, 0.25) is 0 Å². The van der Waals surface area contributed by atoms with E-state index >= 15 is 0 Å². The molecule has 0 aliphatic carbocycles. The number of halogens is 2. The van der Waals surface area contributed by atoms with Crippen molar-refractivity contribution >= 4 is 28.6 Å². The summed E-state index contributed by atoms with van der Waals surface area (Å²) in [6, 6.07) is 0. The zero-order chi connectivity index (χ0) is 15.1. The van der Waals surface area contributed by atoms with Crippen LogP contribution < -0.4 is 5.32 Å². The lowest BCUT2D eigenvalue weighted by atomic mass is 9.86. The maximum atomic E-state index is 5.75. The van der Waals surface area contributed by atoms with Gasteiger partial charge in [0.15, 0.2) is 0 Å². The molecule has 21 heavy (non-hydrogen) atoms. The van der Waals surface area contributed by atoms with E-state index in [2.05, 4.69) is 26.1 Å². The van der Waals surface area contributed by atoms with E-state index in [1.54, 1.807) is 0 Å². The molecule has 0 heterocycles. The SMILES string of the molecule is Br.CCCCCCCCCC(CC)(CC)NCCCCCl. The number of hydrogen-bond donors (Lipinski definition) is 1. The van der Waals surface area contributed by atoms with E-state index in [9.17, 15) is 0 Å². The molecule has 0 aromatic carbocycles. The van der Waals surface area contributed by atoms with Crippen molar-refractivity contribution in [2.45, 2.75) is 103 Å². The van der Waals surface area contributed by atoms with Crippen LogP contribution in [0.25, 0.3) is 0 Å². The lowest BCUT2D eigenvalue weighted by Crippen LogP contribution is -2.44. The summed E-state index contributed by atoms with van der Waals surface area (Å²) in [6.45, 7) is 8.08. The Kier molecular flexibility index (Phi) is 19.5. The first-order valence-corrected chi connectivity index (χ1v) is 9.59. The highest BCUT2D eigenvalue weighted by atomic mass is 79.9. The molecule has 0 amide bonds. The molecule has 130 valence electrons. The van der Waals surface area contributed by atoms with Crippen molar-refractivity contribution in [2.75, 3.05) is 12.4 Å². The molecule has 0 spiro atoms. The van der Waals surface area contributed by atoms with E-state index in [1.807, 2.05) is 0 Å². The summed E-state index contributed by atoms with van der Waals surface area (Å²) in [5, 5.41) is 3.82. The Labute approximate surface area is 149 Å². The standard InChI is InChI=1S/C18H38ClN.BrH/c1-4-7-8-9-10-11-12-15-18(5-2,6-3)20-17-14-13-16-19;/h20H,4-17H2,1-3H3;1H. The van der Waals surface area contributed by atoms with E-state index in [1.165, 1.54) is 70.6 Å². The molecule has 0 aliphatic heterocycles. The van der Waals surface area contributed by atoms with Crippen LogP contribution >= 0.6 is 28.6 Å². The smallest absolute Gasteiger partial charge is 0.0223 e. The topological polar surface area (TPSA) is 12.0 Å². The van der Waals surface area contributed by atoms with Gasteiger partial charge in [-0.3, -0.25) is 0 Å². The fourth-order valence-corrected chi connectivity index (χ4v) is 3.12. The first-order chi connectivity index (χ1) is 9.74. The minimum absolute atomic E-state index is 0. The van der Waals surface area contributed by atoms with Gasteiger partial charge < -0.3 is 5.32 Å². The molecule has 1 N–H and O–H groups in total. The van der Waals surface area contributed by atoms with Crippen molar-refractivity contribution in [3.05, 3.63) is 0 Å². The third-order valence-electron chi connectivity index (χ3n) is 4.67. The minimum Gasteiger partial charge on any atom is -0.311 e. The molecule has 0 aromatic rings. The fourth-order valence-electron chi connectivity index (χ4n) is 2.94. The summed E-state index contributed by atoms with van der Waals surface area (Å²) in [7, 11) is 0. The van der Waals surface area contributed by atoms with Crippen LogP contribution in [0.1, 0.15) is 97.8 Å². The van der Waals surface area contributed by atoms with E-state index in [4.69, 9.17) is 11.6 Å². The van der Waals surface area contributed by atoms with Gasteiger partial charge in [-0.1, -0.05) is 65.7 Å². The Hall–Kier alpha value is 0.730. The van der Waals surface area contributed by atoms with E-state index < -0.39 is 0 Å². The Morgan fingerprint density at radius 1 is 0.762 bits per heavy atom. The number of rotatable bonds is 15. The van der Waals surface area contributed by atoms with Gasteiger partial charge in [-0.2, -0.15) is 0 Å². The lowest BCUT2D eigenvalue weighted by molar-refractivity contribution is 0.269. The average Bonchev–Trinajstić information content (AvgIpc) is 2.49. The van der Waals surface area contributed by atoms with E-state index in [-0.39, 0.29) is 17.0 Å². The van der Waals surface area contributed by atoms with Crippen LogP contribution in [0.5, 0.6) is 0 Å². The van der Waals surface area contributed by atoms with Gasteiger partial charge in [0.25, 0.3) is 0 Å². The molecule has 0 bridgehead atoms. The van der Waals surface area contributed by atoms with Crippen LogP contribution in [0, 0.1) is 0 Å². The van der Waals surface area contributed by atoms with Crippen molar-refractivity contribution in [2.24, 2.45) is 0 Å². The van der Waals surface area contributed by atoms with Crippen molar-refractivity contribution in [3.8, 4) is 0 Å². The van der Waals surface area contributed by atoms with Gasteiger partial charge in [0.05, 0.1) is 0 Å². The second kappa shape index (κ2) is 17.1. The third kappa shape index (κ3) is 12.9. The Morgan fingerprint density at radius 3 is 1.86 bits per heavy atom. The van der Waals surface area contributed by atoms with Crippen LogP contribution in [0.2, 0.25) is 0 Å². The van der Waals surface area contributed by atoms with E-state index in [0.717, 1.165) is 18.8 Å². The van der Waals surface area contributed by atoms with Crippen LogP contribution in [0.3, 0.4) is 0 Å². The monoisotopic (exact) mass is 383 g/mol. The van der Waals surface area contributed by atoms with Gasteiger partial charge in [0, 0.05) is 11.4 Å². The maximum absolute atomic E-state index is 5.75. The summed E-state index contributed by atoms with van der Waals surface area (Å²) in [6.07, 6.45) is 16.0. The molecule has 0 aliphatic rings. The van der Waals surface area contributed by atoms with Crippen LogP contribution in [0.15, 0.2) is 0 Å². The summed E-state index contributed by atoms with van der Waals surface area (Å²) in [5.41, 5.74) is 0.385. The Balaban J connectivity index is 0. The summed E-state index contributed by atoms with van der Waals surface area (Å²) in [4.78, 5) is 0. The van der Waals surface area contributed by atoms with Crippen LogP contribution in [-0.4, -0.2) is 18.0 Å². The minimum atomic E-state index is 0. The molecule has 0 atom stereocenters. The molecule has 3 heteroatoms. The van der Waals surface area contributed by atoms with E-state index in [0.29, 0.717) is 5.54 Å². The largest absolute Gasteiger partial charge is 0.311 e. The first-order valence-electron chi connectivity index (χ1n) is 9.05. The molecule has 0 saturated heterocycles. The molecule has 0 radical (unpaired) electrons. The predicted molar refractivity (Wildman–Crippen MR) is 104 cm³/mol. The van der Waals surface area contributed by atoms with Crippen LogP contribution in [-0.2, 0) is 0 Å².